The monoisotopic (exact) mass is 551 g/mol. The molecular formula is C23H30IN5OS. The van der Waals surface area contributed by atoms with Crippen molar-refractivity contribution in [2.45, 2.75) is 32.4 Å². The third-order valence-electron chi connectivity index (χ3n) is 5.44. The number of halogens is 1. The molecule has 0 spiro atoms. The first-order valence-corrected chi connectivity index (χ1v) is 11.3. The molecule has 1 aromatic carbocycles. The van der Waals surface area contributed by atoms with E-state index >= 15 is 0 Å². The molecule has 6 nitrogen and oxygen atoms in total. The summed E-state index contributed by atoms with van der Waals surface area (Å²) in [6.45, 7) is 5.70. The second-order valence-corrected chi connectivity index (χ2v) is 8.54. The van der Waals surface area contributed by atoms with Crippen LogP contribution in [-0.2, 0) is 6.54 Å². The van der Waals surface area contributed by atoms with E-state index < -0.39 is 0 Å². The Morgan fingerprint density at radius 2 is 1.97 bits per heavy atom. The molecule has 1 aliphatic heterocycles. The van der Waals surface area contributed by atoms with E-state index in [1.807, 2.05) is 11.3 Å². The largest absolute Gasteiger partial charge is 0.439 e. The number of benzene rings is 1. The lowest BCUT2D eigenvalue weighted by molar-refractivity contribution is 0.249. The highest BCUT2D eigenvalue weighted by atomic mass is 127. The molecule has 3 aromatic rings. The number of rotatable bonds is 7. The number of aromatic nitrogens is 1. The van der Waals surface area contributed by atoms with Crippen molar-refractivity contribution in [2.75, 3.05) is 26.7 Å². The van der Waals surface area contributed by atoms with Crippen molar-refractivity contribution in [2.24, 2.45) is 4.99 Å². The molecule has 0 saturated carbocycles. The van der Waals surface area contributed by atoms with Crippen LogP contribution in [0.2, 0.25) is 0 Å². The van der Waals surface area contributed by atoms with Gasteiger partial charge in [0.1, 0.15) is 0 Å². The lowest BCUT2D eigenvalue weighted by atomic mass is 10.1. The molecule has 2 N–H and O–H groups in total. The highest BCUT2D eigenvalue weighted by Gasteiger charge is 2.24. The molecule has 0 bridgehead atoms. The fourth-order valence-corrected chi connectivity index (χ4v) is 4.62. The van der Waals surface area contributed by atoms with Gasteiger partial charge in [-0.15, -0.1) is 35.3 Å². The van der Waals surface area contributed by atoms with Gasteiger partial charge < -0.3 is 15.1 Å². The number of nitrogens with one attached hydrogen (secondary N) is 2. The summed E-state index contributed by atoms with van der Waals surface area (Å²) in [6, 6.07) is 13.0. The molecule has 1 atom stereocenters. The Morgan fingerprint density at radius 1 is 1.19 bits per heavy atom. The average molecular weight is 551 g/mol. The van der Waals surface area contributed by atoms with Crippen molar-refractivity contribution in [3.05, 3.63) is 64.3 Å². The van der Waals surface area contributed by atoms with E-state index in [0.29, 0.717) is 18.5 Å². The van der Waals surface area contributed by atoms with E-state index in [9.17, 15) is 0 Å². The number of hydrogen-bond acceptors (Lipinski definition) is 5. The SMILES string of the molecule is CN=C(NCc1ncc(-c2ccc(C)cc2)o1)NCC(c1cccs1)N1CCCC1.I. The van der Waals surface area contributed by atoms with Gasteiger partial charge in [0.25, 0.3) is 0 Å². The van der Waals surface area contributed by atoms with Gasteiger partial charge in [-0.1, -0.05) is 35.9 Å². The van der Waals surface area contributed by atoms with Crippen molar-refractivity contribution in [3.63, 3.8) is 0 Å². The van der Waals surface area contributed by atoms with Gasteiger partial charge in [-0.3, -0.25) is 9.89 Å². The van der Waals surface area contributed by atoms with Crippen LogP contribution < -0.4 is 10.6 Å². The maximum Gasteiger partial charge on any atom is 0.214 e. The van der Waals surface area contributed by atoms with Crippen LogP contribution in [0.3, 0.4) is 0 Å². The second-order valence-electron chi connectivity index (χ2n) is 7.57. The number of aliphatic imine (C=N–C) groups is 1. The van der Waals surface area contributed by atoms with Crippen LogP contribution >= 0.6 is 35.3 Å². The molecule has 8 heteroatoms. The van der Waals surface area contributed by atoms with Crippen LogP contribution in [0.5, 0.6) is 0 Å². The number of guanidine groups is 1. The van der Waals surface area contributed by atoms with Crippen LogP contribution in [0.1, 0.15) is 35.2 Å². The van der Waals surface area contributed by atoms with Crippen molar-refractivity contribution < 1.29 is 4.42 Å². The smallest absolute Gasteiger partial charge is 0.214 e. The summed E-state index contributed by atoms with van der Waals surface area (Å²) in [4.78, 5) is 12.7. The Hall–Kier alpha value is -1.91. The highest BCUT2D eigenvalue weighted by molar-refractivity contribution is 14.0. The third-order valence-corrected chi connectivity index (χ3v) is 6.41. The molecule has 1 aliphatic rings. The van der Waals surface area contributed by atoms with Crippen molar-refractivity contribution in [1.29, 1.82) is 0 Å². The molecule has 4 rings (SSSR count). The Labute approximate surface area is 205 Å². The number of likely N-dealkylation sites (tertiary alicyclic amines) is 1. The molecule has 166 valence electrons. The summed E-state index contributed by atoms with van der Waals surface area (Å²) in [5, 5.41) is 8.95. The maximum atomic E-state index is 5.91. The molecule has 1 saturated heterocycles. The number of hydrogen-bond donors (Lipinski definition) is 2. The maximum absolute atomic E-state index is 5.91. The predicted octanol–water partition coefficient (Wildman–Crippen LogP) is 4.83. The number of thiophene rings is 1. The molecule has 0 aliphatic carbocycles. The van der Waals surface area contributed by atoms with Crippen molar-refractivity contribution >= 4 is 41.3 Å². The molecule has 3 heterocycles. The van der Waals surface area contributed by atoms with E-state index in [1.54, 1.807) is 13.2 Å². The minimum Gasteiger partial charge on any atom is -0.439 e. The van der Waals surface area contributed by atoms with Crippen LogP contribution in [0.15, 0.2) is 57.4 Å². The van der Waals surface area contributed by atoms with E-state index in [1.165, 1.54) is 23.3 Å². The molecule has 2 aromatic heterocycles. The molecule has 31 heavy (non-hydrogen) atoms. The average Bonchev–Trinajstić information content (AvgIpc) is 3.54. The van der Waals surface area contributed by atoms with Crippen LogP contribution in [-0.4, -0.2) is 42.5 Å². The summed E-state index contributed by atoms with van der Waals surface area (Å²) in [5.41, 5.74) is 2.26. The fourth-order valence-electron chi connectivity index (χ4n) is 3.76. The van der Waals surface area contributed by atoms with Crippen molar-refractivity contribution in [1.82, 2.24) is 20.5 Å². The molecule has 0 radical (unpaired) electrons. The first-order chi connectivity index (χ1) is 14.7. The van der Waals surface area contributed by atoms with Gasteiger partial charge in [0, 0.05) is 24.0 Å². The summed E-state index contributed by atoms with van der Waals surface area (Å²) in [7, 11) is 1.79. The standard InChI is InChI=1S/C23H29N5OS.HI/c1-17-7-9-18(10-8-17)20-15-25-22(29-20)16-27-23(24-2)26-14-19(21-6-5-13-30-21)28-11-3-4-12-28;/h5-10,13,15,19H,3-4,11-12,14,16H2,1-2H3,(H2,24,26,27);1H. The number of aryl methyl sites for hydroxylation is 1. The minimum atomic E-state index is 0. The summed E-state index contributed by atoms with van der Waals surface area (Å²) < 4.78 is 5.91. The zero-order valence-electron chi connectivity index (χ0n) is 18.0. The molecule has 0 amide bonds. The Morgan fingerprint density at radius 3 is 2.65 bits per heavy atom. The van der Waals surface area contributed by atoms with Gasteiger partial charge in [-0.05, 0) is 44.3 Å². The summed E-state index contributed by atoms with van der Waals surface area (Å²) in [5.74, 6) is 2.18. The third kappa shape index (κ3) is 6.30. The van der Waals surface area contributed by atoms with Gasteiger partial charge in [0.05, 0.1) is 18.8 Å². The van der Waals surface area contributed by atoms with Gasteiger partial charge in [-0.2, -0.15) is 0 Å². The van der Waals surface area contributed by atoms with Gasteiger partial charge in [-0.25, -0.2) is 4.98 Å². The zero-order chi connectivity index (χ0) is 20.8. The van der Waals surface area contributed by atoms with Crippen LogP contribution in [0, 0.1) is 6.92 Å². The predicted molar refractivity (Wildman–Crippen MR) is 138 cm³/mol. The van der Waals surface area contributed by atoms with E-state index in [0.717, 1.165) is 36.9 Å². The number of nitrogens with zero attached hydrogens (tertiary/aromatic N) is 3. The lowest BCUT2D eigenvalue weighted by Crippen LogP contribution is -2.42. The van der Waals surface area contributed by atoms with E-state index in [2.05, 4.69) is 74.2 Å². The molecule has 1 fully saturated rings. The van der Waals surface area contributed by atoms with Gasteiger partial charge >= 0.3 is 0 Å². The fraction of sp³-hybridized carbons (Fsp3) is 0.391. The van der Waals surface area contributed by atoms with Crippen LogP contribution in [0.4, 0.5) is 0 Å². The Balaban J connectivity index is 0.00000272. The van der Waals surface area contributed by atoms with Crippen molar-refractivity contribution in [3.8, 4) is 11.3 Å². The minimum absolute atomic E-state index is 0. The Kier molecular flexibility index (Phi) is 8.91. The highest BCUT2D eigenvalue weighted by Crippen LogP contribution is 2.27. The first kappa shape index (κ1) is 23.7. The molecular weight excluding hydrogens is 521 g/mol. The Bertz CT molecular complexity index is 949. The second kappa shape index (κ2) is 11.6. The lowest BCUT2D eigenvalue weighted by Gasteiger charge is -2.27. The zero-order valence-corrected chi connectivity index (χ0v) is 21.2. The first-order valence-electron chi connectivity index (χ1n) is 10.5. The molecule has 1 unspecified atom stereocenters. The normalized spacial score (nSPS) is 15.5. The van der Waals surface area contributed by atoms with Crippen LogP contribution in [0.25, 0.3) is 11.3 Å². The summed E-state index contributed by atoms with van der Waals surface area (Å²) in [6.07, 6.45) is 4.34. The summed E-state index contributed by atoms with van der Waals surface area (Å²) >= 11 is 1.82. The number of oxazole rings is 1. The topological polar surface area (TPSA) is 65.7 Å². The van der Waals surface area contributed by atoms with E-state index in [4.69, 9.17) is 4.42 Å². The quantitative estimate of drug-likeness (QED) is 0.250. The van der Waals surface area contributed by atoms with Gasteiger partial charge in [0.2, 0.25) is 5.89 Å². The van der Waals surface area contributed by atoms with E-state index in [-0.39, 0.29) is 24.0 Å². The van der Waals surface area contributed by atoms with Gasteiger partial charge in [0.15, 0.2) is 11.7 Å².